The van der Waals surface area contributed by atoms with Crippen LogP contribution in [0.3, 0.4) is 0 Å². The van der Waals surface area contributed by atoms with Crippen molar-refractivity contribution in [2.24, 2.45) is 0 Å². The highest BCUT2D eigenvalue weighted by Crippen LogP contribution is 2.48. The fourth-order valence-electron chi connectivity index (χ4n) is 4.67. The molecule has 4 heteroatoms. The fourth-order valence-corrected chi connectivity index (χ4v) is 4.67. The van der Waals surface area contributed by atoms with Crippen molar-refractivity contribution >= 4 is 5.97 Å². The van der Waals surface area contributed by atoms with E-state index >= 15 is 0 Å². The molecule has 150 valence electrons. The number of hydrogen-bond acceptors (Lipinski definition) is 4. The molecule has 1 aliphatic carbocycles. The van der Waals surface area contributed by atoms with Gasteiger partial charge in [0.25, 0.3) is 0 Å². The molecule has 1 aromatic carbocycles. The van der Waals surface area contributed by atoms with Crippen LogP contribution >= 0.6 is 0 Å². The van der Waals surface area contributed by atoms with Crippen molar-refractivity contribution < 1.29 is 14.6 Å². The van der Waals surface area contributed by atoms with Crippen molar-refractivity contribution in [3.63, 3.8) is 0 Å². The van der Waals surface area contributed by atoms with Gasteiger partial charge in [0.15, 0.2) is 11.6 Å². The maximum absolute atomic E-state index is 12.6. The second-order valence-electron chi connectivity index (χ2n) is 9.30. The van der Waals surface area contributed by atoms with Gasteiger partial charge >= 0.3 is 5.97 Å². The number of fused-ring (bicyclic) bond motifs is 1. The lowest BCUT2D eigenvalue weighted by atomic mass is 9.62. The van der Waals surface area contributed by atoms with Gasteiger partial charge in [-0.25, -0.2) is 4.79 Å². The van der Waals surface area contributed by atoms with Crippen molar-refractivity contribution in [2.45, 2.75) is 69.9 Å². The quantitative estimate of drug-likeness (QED) is 0.628. The van der Waals surface area contributed by atoms with E-state index < -0.39 is 17.6 Å². The SMILES string of the molecule is CC#CC1=CN(C)C(C(=O)OC)C1(O)c1ccc2c(c1)C(C)(C)CCC2(C)C. The van der Waals surface area contributed by atoms with Gasteiger partial charge in [-0.1, -0.05) is 51.8 Å². The zero-order valence-corrected chi connectivity index (χ0v) is 18.0. The monoisotopic (exact) mass is 381 g/mol. The first-order chi connectivity index (χ1) is 13.0. The molecule has 0 bridgehead atoms. The Kier molecular flexibility index (Phi) is 4.88. The molecule has 28 heavy (non-hydrogen) atoms. The highest BCUT2D eigenvalue weighted by atomic mass is 16.5. The molecule has 2 atom stereocenters. The molecule has 1 aliphatic heterocycles. The van der Waals surface area contributed by atoms with Crippen molar-refractivity contribution in [2.75, 3.05) is 14.2 Å². The molecule has 1 N–H and O–H groups in total. The van der Waals surface area contributed by atoms with E-state index in [4.69, 9.17) is 4.74 Å². The summed E-state index contributed by atoms with van der Waals surface area (Å²) in [6, 6.07) is 5.28. The lowest BCUT2D eigenvalue weighted by Crippen LogP contribution is -2.49. The maximum Gasteiger partial charge on any atom is 0.332 e. The van der Waals surface area contributed by atoms with Crippen LogP contribution in [0.15, 0.2) is 30.0 Å². The van der Waals surface area contributed by atoms with Crippen LogP contribution in [0, 0.1) is 11.8 Å². The molecule has 0 aromatic heterocycles. The number of rotatable bonds is 2. The minimum absolute atomic E-state index is 0.00278. The molecule has 1 heterocycles. The van der Waals surface area contributed by atoms with E-state index in [-0.39, 0.29) is 10.8 Å². The highest BCUT2D eigenvalue weighted by molar-refractivity contribution is 5.81. The largest absolute Gasteiger partial charge is 0.467 e. The number of methoxy groups -OCH3 is 1. The van der Waals surface area contributed by atoms with Crippen molar-refractivity contribution in [1.29, 1.82) is 0 Å². The van der Waals surface area contributed by atoms with Crippen LogP contribution < -0.4 is 0 Å². The first-order valence-electron chi connectivity index (χ1n) is 9.81. The van der Waals surface area contributed by atoms with Gasteiger partial charge in [-0.3, -0.25) is 0 Å². The molecule has 0 saturated carbocycles. The van der Waals surface area contributed by atoms with E-state index in [1.165, 1.54) is 18.2 Å². The number of carbonyl (C=O) groups is 1. The van der Waals surface area contributed by atoms with E-state index in [0.717, 1.165) is 12.8 Å². The Balaban J connectivity index is 2.23. The molecule has 0 radical (unpaired) electrons. The average Bonchev–Trinajstić information content (AvgIpc) is 2.89. The second kappa shape index (κ2) is 6.67. The third-order valence-electron chi connectivity index (χ3n) is 6.52. The number of ether oxygens (including phenoxy) is 1. The van der Waals surface area contributed by atoms with E-state index in [0.29, 0.717) is 11.1 Å². The van der Waals surface area contributed by atoms with E-state index in [9.17, 15) is 9.90 Å². The van der Waals surface area contributed by atoms with Crippen LogP contribution in [0.5, 0.6) is 0 Å². The number of hydrogen-bond donors (Lipinski definition) is 1. The Bertz CT molecular complexity index is 900. The lowest BCUT2D eigenvalue weighted by molar-refractivity contribution is -0.152. The molecule has 2 aliphatic rings. The molecule has 0 spiro atoms. The summed E-state index contributed by atoms with van der Waals surface area (Å²) in [5, 5.41) is 11.9. The smallest absolute Gasteiger partial charge is 0.332 e. The third kappa shape index (κ3) is 2.93. The minimum atomic E-state index is -1.54. The summed E-state index contributed by atoms with van der Waals surface area (Å²) in [5.41, 5.74) is 2.29. The zero-order chi connectivity index (χ0) is 20.9. The minimum Gasteiger partial charge on any atom is -0.467 e. The topological polar surface area (TPSA) is 49.8 Å². The van der Waals surface area contributed by atoms with Crippen LogP contribution in [0.2, 0.25) is 0 Å². The predicted octanol–water partition coefficient (Wildman–Crippen LogP) is 3.62. The summed E-state index contributed by atoms with van der Waals surface area (Å²) in [5.74, 6) is 5.39. The molecule has 3 rings (SSSR count). The van der Waals surface area contributed by atoms with Gasteiger partial charge in [0.1, 0.15) is 0 Å². The number of benzene rings is 1. The maximum atomic E-state index is 12.6. The van der Waals surface area contributed by atoms with Gasteiger partial charge in [-0.2, -0.15) is 0 Å². The Morgan fingerprint density at radius 3 is 2.36 bits per heavy atom. The number of likely N-dealkylation sites (N-methyl/N-ethyl adjacent to an activating group) is 1. The van der Waals surface area contributed by atoms with Gasteiger partial charge in [0.2, 0.25) is 0 Å². The molecule has 0 amide bonds. The van der Waals surface area contributed by atoms with Crippen LogP contribution in [-0.2, 0) is 26.0 Å². The van der Waals surface area contributed by atoms with E-state index in [1.807, 2.05) is 6.07 Å². The Labute approximate surface area is 168 Å². The number of esters is 1. The normalized spacial score (nSPS) is 27.4. The second-order valence-corrected chi connectivity index (χ2v) is 9.30. The molecule has 4 nitrogen and oxygen atoms in total. The summed E-state index contributed by atoms with van der Waals surface area (Å²) >= 11 is 0. The summed E-state index contributed by atoms with van der Waals surface area (Å²) in [6.07, 6.45) is 3.94. The molecule has 0 saturated heterocycles. The van der Waals surface area contributed by atoms with E-state index in [1.54, 1.807) is 25.1 Å². The Hall–Kier alpha value is -2.25. The lowest BCUT2D eigenvalue weighted by Gasteiger charge is -2.43. The average molecular weight is 382 g/mol. The van der Waals surface area contributed by atoms with Crippen molar-refractivity contribution in [3.05, 3.63) is 46.7 Å². The molecular weight excluding hydrogens is 350 g/mol. The number of nitrogens with zero attached hydrogens (tertiary/aromatic N) is 1. The predicted molar refractivity (Wildman–Crippen MR) is 111 cm³/mol. The van der Waals surface area contributed by atoms with Gasteiger partial charge in [-0.15, -0.1) is 5.92 Å². The van der Waals surface area contributed by atoms with Crippen LogP contribution in [0.1, 0.15) is 64.2 Å². The van der Waals surface area contributed by atoms with Crippen LogP contribution in [-0.4, -0.2) is 36.2 Å². The van der Waals surface area contributed by atoms with Crippen molar-refractivity contribution in [1.82, 2.24) is 4.90 Å². The van der Waals surface area contributed by atoms with E-state index in [2.05, 4.69) is 51.7 Å². The first kappa shape index (κ1) is 20.5. The third-order valence-corrected chi connectivity index (χ3v) is 6.52. The highest BCUT2D eigenvalue weighted by Gasteiger charge is 2.53. The summed E-state index contributed by atoms with van der Waals surface area (Å²) in [6.45, 7) is 10.8. The zero-order valence-electron chi connectivity index (χ0n) is 18.0. The summed E-state index contributed by atoms with van der Waals surface area (Å²) < 4.78 is 5.01. The Morgan fingerprint density at radius 2 is 1.79 bits per heavy atom. The molecule has 2 unspecified atom stereocenters. The summed E-state index contributed by atoms with van der Waals surface area (Å²) in [7, 11) is 3.11. The fraction of sp³-hybridized carbons (Fsp3) is 0.542. The van der Waals surface area contributed by atoms with Gasteiger partial charge in [0.05, 0.1) is 12.7 Å². The van der Waals surface area contributed by atoms with Crippen molar-refractivity contribution in [3.8, 4) is 11.8 Å². The standard InChI is InChI=1S/C24H31NO3/c1-8-9-17-15-25(6)20(21(26)28-7)24(17,27)16-10-11-18-19(14-16)23(4,5)13-12-22(18,2)3/h10-11,14-15,20,27H,12-13H2,1-7H3. The molecule has 1 aromatic rings. The number of aliphatic hydroxyl groups is 1. The number of carbonyl (C=O) groups excluding carboxylic acids is 1. The van der Waals surface area contributed by atoms with Gasteiger partial charge in [-0.05, 0) is 47.3 Å². The molecule has 0 fully saturated rings. The first-order valence-corrected chi connectivity index (χ1v) is 9.81. The van der Waals surface area contributed by atoms with Crippen LogP contribution in [0.4, 0.5) is 0 Å². The van der Waals surface area contributed by atoms with Gasteiger partial charge < -0.3 is 14.7 Å². The van der Waals surface area contributed by atoms with Gasteiger partial charge in [0, 0.05) is 13.2 Å². The van der Waals surface area contributed by atoms with Crippen LogP contribution in [0.25, 0.3) is 0 Å². The molecular formula is C24H31NO3. The Morgan fingerprint density at radius 1 is 1.18 bits per heavy atom. The summed E-state index contributed by atoms with van der Waals surface area (Å²) in [4.78, 5) is 14.3.